The monoisotopic (exact) mass is 335 g/mol. The van der Waals surface area contributed by atoms with E-state index in [-0.39, 0.29) is 0 Å². The van der Waals surface area contributed by atoms with Crippen molar-refractivity contribution in [2.24, 2.45) is 0 Å². The lowest BCUT2D eigenvalue weighted by atomic mass is 10.2. The third-order valence-electron chi connectivity index (χ3n) is 4.34. The van der Waals surface area contributed by atoms with Crippen LogP contribution in [0.2, 0.25) is 0 Å². The van der Waals surface area contributed by atoms with Gasteiger partial charge >= 0.3 is 0 Å². The SMILES string of the molecule is C=Cc1nc(-c2cccc(-c3nc(CC)c(C)[nH]3)n2)[nH]c1CCCC. The second-order valence-electron chi connectivity index (χ2n) is 6.18. The number of pyridine rings is 1. The third-order valence-corrected chi connectivity index (χ3v) is 4.34. The summed E-state index contributed by atoms with van der Waals surface area (Å²) in [5.74, 6) is 1.58. The van der Waals surface area contributed by atoms with Crippen LogP contribution in [0.15, 0.2) is 24.8 Å². The van der Waals surface area contributed by atoms with Gasteiger partial charge in [-0.2, -0.15) is 0 Å². The van der Waals surface area contributed by atoms with E-state index >= 15 is 0 Å². The summed E-state index contributed by atoms with van der Waals surface area (Å²) in [6.07, 6.45) is 5.96. The van der Waals surface area contributed by atoms with E-state index in [1.807, 2.05) is 25.1 Å². The van der Waals surface area contributed by atoms with Crippen molar-refractivity contribution in [3.05, 3.63) is 47.6 Å². The van der Waals surface area contributed by atoms with Crippen molar-refractivity contribution in [3.8, 4) is 23.0 Å². The van der Waals surface area contributed by atoms with Gasteiger partial charge in [0.1, 0.15) is 11.4 Å². The summed E-state index contributed by atoms with van der Waals surface area (Å²) in [6.45, 7) is 10.2. The van der Waals surface area contributed by atoms with E-state index in [9.17, 15) is 0 Å². The lowest BCUT2D eigenvalue weighted by molar-refractivity contribution is 0.780. The molecule has 0 bridgehead atoms. The highest BCUT2D eigenvalue weighted by Crippen LogP contribution is 2.22. The van der Waals surface area contributed by atoms with Crippen molar-refractivity contribution in [3.63, 3.8) is 0 Å². The molecule has 0 spiro atoms. The zero-order valence-corrected chi connectivity index (χ0v) is 15.2. The van der Waals surface area contributed by atoms with Gasteiger partial charge in [-0.05, 0) is 44.4 Å². The lowest BCUT2D eigenvalue weighted by Crippen LogP contribution is -1.91. The summed E-state index contributed by atoms with van der Waals surface area (Å²) in [6, 6.07) is 5.93. The van der Waals surface area contributed by atoms with Crippen molar-refractivity contribution in [1.29, 1.82) is 0 Å². The van der Waals surface area contributed by atoms with E-state index in [0.29, 0.717) is 0 Å². The zero-order chi connectivity index (χ0) is 17.8. The molecule has 3 aromatic rings. The Balaban J connectivity index is 1.96. The number of hydrogen-bond donors (Lipinski definition) is 2. The minimum Gasteiger partial charge on any atom is -0.341 e. The summed E-state index contributed by atoms with van der Waals surface area (Å²) in [4.78, 5) is 20.8. The highest BCUT2D eigenvalue weighted by atomic mass is 15.0. The molecule has 5 nitrogen and oxygen atoms in total. The quantitative estimate of drug-likeness (QED) is 0.656. The van der Waals surface area contributed by atoms with Crippen LogP contribution in [0.25, 0.3) is 29.1 Å². The number of imidazole rings is 2. The minimum atomic E-state index is 0.779. The van der Waals surface area contributed by atoms with Crippen LogP contribution in [0.5, 0.6) is 0 Å². The third kappa shape index (κ3) is 3.55. The Kier molecular flexibility index (Phi) is 5.12. The molecule has 130 valence electrons. The van der Waals surface area contributed by atoms with E-state index in [1.54, 1.807) is 6.08 Å². The van der Waals surface area contributed by atoms with Crippen LogP contribution in [0.4, 0.5) is 0 Å². The molecule has 0 unspecified atom stereocenters. The van der Waals surface area contributed by atoms with E-state index in [2.05, 4.69) is 40.4 Å². The van der Waals surface area contributed by atoms with Crippen LogP contribution in [0.3, 0.4) is 0 Å². The first kappa shape index (κ1) is 17.1. The van der Waals surface area contributed by atoms with Gasteiger partial charge in [0, 0.05) is 11.4 Å². The molecule has 0 amide bonds. The maximum atomic E-state index is 4.75. The van der Waals surface area contributed by atoms with Gasteiger partial charge in [-0.15, -0.1) is 0 Å². The summed E-state index contributed by atoms with van der Waals surface area (Å²) < 4.78 is 0. The Morgan fingerprint density at radius 3 is 2.36 bits per heavy atom. The normalized spacial score (nSPS) is 11.0. The molecule has 0 radical (unpaired) electrons. The molecule has 0 saturated heterocycles. The Morgan fingerprint density at radius 2 is 1.76 bits per heavy atom. The molecule has 0 atom stereocenters. The molecule has 0 aromatic carbocycles. The summed E-state index contributed by atoms with van der Waals surface area (Å²) in [5.41, 5.74) is 5.86. The van der Waals surface area contributed by atoms with Crippen molar-refractivity contribution in [2.45, 2.75) is 46.5 Å². The number of rotatable bonds is 7. The molecule has 0 aliphatic heterocycles. The number of aromatic nitrogens is 5. The molecular formula is C20H25N5. The number of aryl methyl sites for hydroxylation is 3. The van der Waals surface area contributed by atoms with Crippen molar-refractivity contribution in [2.75, 3.05) is 0 Å². The summed E-state index contributed by atoms with van der Waals surface area (Å²) >= 11 is 0. The van der Waals surface area contributed by atoms with Gasteiger partial charge in [0.15, 0.2) is 11.6 Å². The Hall–Kier alpha value is -2.69. The Bertz CT molecular complexity index is 872. The zero-order valence-electron chi connectivity index (χ0n) is 15.2. The standard InChI is InChI=1S/C20H25N5/c1-5-8-10-16-15(7-3)24-20(25-16)18-12-9-11-17(22-18)19-21-13(4)14(6-2)23-19/h7,9,11-12H,3,5-6,8,10H2,1-2,4H3,(H,21,23)(H,24,25). The van der Waals surface area contributed by atoms with Crippen LogP contribution >= 0.6 is 0 Å². The topological polar surface area (TPSA) is 70.2 Å². The Morgan fingerprint density at radius 1 is 1.04 bits per heavy atom. The van der Waals surface area contributed by atoms with Gasteiger partial charge in [-0.25, -0.2) is 15.0 Å². The largest absolute Gasteiger partial charge is 0.341 e. The second kappa shape index (κ2) is 7.47. The van der Waals surface area contributed by atoms with E-state index < -0.39 is 0 Å². The number of nitrogens with zero attached hydrogens (tertiary/aromatic N) is 3. The maximum absolute atomic E-state index is 4.75. The first-order valence-corrected chi connectivity index (χ1v) is 8.90. The van der Waals surface area contributed by atoms with Gasteiger partial charge < -0.3 is 9.97 Å². The predicted molar refractivity (Wildman–Crippen MR) is 102 cm³/mol. The van der Waals surface area contributed by atoms with Gasteiger partial charge in [-0.3, -0.25) is 0 Å². The predicted octanol–water partition coefficient (Wildman–Crippen LogP) is 4.72. The first-order valence-electron chi connectivity index (χ1n) is 8.90. The molecule has 25 heavy (non-hydrogen) atoms. The number of nitrogens with one attached hydrogen (secondary N) is 2. The van der Waals surface area contributed by atoms with Gasteiger partial charge in [0.05, 0.1) is 11.4 Å². The molecule has 0 aliphatic rings. The fourth-order valence-corrected chi connectivity index (χ4v) is 2.92. The van der Waals surface area contributed by atoms with Crippen LogP contribution < -0.4 is 0 Å². The molecule has 3 aromatic heterocycles. The van der Waals surface area contributed by atoms with Crippen LogP contribution in [0.1, 0.15) is 49.5 Å². The van der Waals surface area contributed by atoms with E-state index in [0.717, 1.165) is 71.5 Å². The number of unbranched alkanes of at least 4 members (excludes halogenated alkanes) is 1. The van der Waals surface area contributed by atoms with Crippen molar-refractivity contribution < 1.29 is 0 Å². The number of aromatic amines is 2. The summed E-state index contributed by atoms with van der Waals surface area (Å²) in [7, 11) is 0. The molecule has 0 aliphatic carbocycles. The molecule has 2 N–H and O–H groups in total. The Labute approximate surface area is 148 Å². The van der Waals surface area contributed by atoms with Gasteiger partial charge in [0.2, 0.25) is 0 Å². The fourth-order valence-electron chi connectivity index (χ4n) is 2.92. The van der Waals surface area contributed by atoms with Crippen LogP contribution in [-0.2, 0) is 12.8 Å². The van der Waals surface area contributed by atoms with Gasteiger partial charge in [0.25, 0.3) is 0 Å². The average molecular weight is 335 g/mol. The molecular weight excluding hydrogens is 310 g/mol. The maximum Gasteiger partial charge on any atom is 0.156 e. The highest BCUT2D eigenvalue weighted by molar-refractivity contribution is 5.60. The smallest absolute Gasteiger partial charge is 0.156 e. The minimum absolute atomic E-state index is 0.779. The number of H-pyrrole nitrogens is 2. The van der Waals surface area contributed by atoms with E-state index in [4.69, 9.17) is 4.98 Å². The fraction of sp³-hybridized carbons (Fsp3) is 0.350. The lowest BCUT2D eigenvalue weighted by Gasteiger charge is -2.00. The van der Waals surface area contributed by atoms with Gasteiger partial charge in [-0.1, -0.05) is 32.9 Å². The molecule has 3 heterocycles. The first-order chi connectivity index (χ1) is 12.2. The average Bonchev–Trinajstić information content (AvgIpc) is 3.23. The second-order valence-corrected chi connectivity index (χ2v) is 6.18. The molecule has 3 rings (SSSR count). The van der Waals surface area contributed by atoms with E-state index in [1.165, 1.54) is 0 Å². The highest BCUT2D eigenvalue weighted by Gasteiger charge is 2.13. The molecule has 0 saturated carbocycles. The molecule has 5 heteroatoms. The number of hydrogen-bond acceptors (Lipinski definition) is 3. The summed E-state index contributed by atoms with van der Waals surface area (Å²) in [5, 5.41) is 0. The molecule has 0 fully saturated rings. The van der Waals surface area contributed by atoms with Crippen molar-refractivity contribution in [1.82, 2.24) is 24.9 Å². The van der Waals surface area contributed by atoms with Crippen LogP contribution in [-0.4, -0.2) is 24.9 Å². The van der Waals surface area contributed by atoms with Crippen molar-refractivity contribution >= 4 is 6.08 Å². The van der Waals surface area contributed by atoms with Crippen LogP contribution in [0, 0.1) is 6.92 Å².